The normalized spacial score (nSPS) is 15.2. The van der Waals surface area contributed by atoms with Crippen LogP contribution in [0.25, 0.3) is 11.0 Å². The van der Waals surface area contributed by atoms with Gasteiger partial charge in [0.25, 0.3) is 0 Å². The van der Waals surface area contributed by atoms with Crippen molar-refractivity contribution in [3.8, 4) is 0 Å². The van der Waals surface area contributed by atoms with Gasteiger partial charge >= 0.3 is 6.09 Å². The van der Waals surface area contributed by atoms with E-state index in [9.17, 15) is 4.79 Å². The van der Waals surface area contributed by atoms with E-state index in [1.54, 1.807) is 11.1 Å². The zero-order valence-electron chi connectivity index (χ0n) is 12.1. The maximum atomic E-state index is 12.1. The van der Waals surface area contributed by atoms with Crippen molar-refractivity contribution in [1.82, 2.24) is 14.5 Å². The fourth-order valence-electron chi connectivity index (χ4n) is 2.50. The van der Waals surface area contributed by atoms with Crippen molar-refractivity contribution in [3.05, 3.63) is 30.1 Å². The Balaban J connectivity index is 1.84. The molecule has 0 radical (unpaired) electrons. The summed E-state index contributed by atoms with van der Waals surface area (Å²) in [6.45, 7) is 7.64. The number of pyridine rings is 1. The number of hydrogen-bond donors (Lipinski definition) is 0. The predicted molar refractivity (Wildman–Crippen MR) is 76.4 cm³/mol. The Hall–Kier alpha value is -2.04. The molecular formula is C15H19N3O2. The summed E-state index contributed by atoms with van der Waals surface area (Å²) in [5.74, 6) is 0. The molecule has 106 valence electrons. The molecule has 1 amide bonds. The quantitative estimate of drug-likeness (QED) is 0.741. The molecule has 0 bridgehead atoms. The van der Waals surface area contributed by atoms with Gasteiger partial charge in [-0.05, 0) is 39.0 Å². The first-order chi connectivity index (χ1) is 9.44. The Morgan fingerprint density at radius 1 is 1.35 bits per heavy atom. The monoisotopic (exact) mass is 273 g/mol. The van der Waals surface area contributed by atoms with Crippen molar-refractivity contribution < 1.29 is 9.53 Å². The highest BCUT2D eigenvalue weighted by Gasteiger charge is 2.26. The minimum Gasteiger partial charge on any atom is -0.444 e. The van der Waals surface area contributed by atoms with Crippen LogP contribution in [0.3, 0.4) is 0 Å². The molecule has 5 nitrogen and oxygen atoms in total. The number of fused-ring (bicyclic) bond motifs is 3. The zero-order chi connectivity index (χ0) is 14.3. The van der Waals surface area contributed by atoms with E-state index in [0.717, 1.165) is 23.3 Å². The number of aromatic nitrogens is 2. The van der Waals surface area contributed by atoms with E-state index < -0.39 is 5.60 Å². The molecule has 0 aliphatic carbocycles. The summed E-state index contributed by atoms with van der Waals surface area (Å²) in [6.07, 6.45) is 1.55. The third-order valence-corrected chi connectivity index (χ3v) is 3.34. The lowest BCUT2D eigenvalue weighted by Gasteiger charge is -2.31. The molecule has 0 saturated carbocycles. The van der Waals surface area contributed by atoms with Crippen molar-refractivity contribution in [1.29, 1.82) is 0 Å². The first-order valence-corrected chi connectivity index (χ1v) is 6.85. The number of rotatable bonds is 0. The van der Waals surface area contributed by atoms with Crippen LogP contribution in [0.5, 0.6) is 0 Å². The van der Waals surface area contributed by atoms with Gasteiger partial charge in [-0.3, -0.25) is 0 Å². The van der Waals surface area contributed by atoms with Gasteiger partial charge < -0.3 is 14.2 Å². The molecule has 0 aromatic carbocycles. The molecule has 2 aromatic heterocycles. The molecular weight excluding hydrogens is 254 g/mol. The van der Waals surface area contributed by atoms with Crippen LogP contribution in [0, 0.1) is 0 Å². The molecule has 0 unspecified atom stereocenters. The standard InChI is InChI=1S/C15H19N3O2/c1-15(2,3)20-14(19)17-7-8-18-12(10-17)9-11-5-4-6-16-13(11)18/h4-6,9H,7-8,10H2,1-3H3. The van der Waals surface area contributed by atoms with Gasteiger partial charge in [-0.2, -0.15) is 0 Å². The molecule has 0 spiro atoms. The lowest BCUT2D eigenvalue weighted by Crippen LogP contribution is -2.41. The van der Waals surface area contributed by atoms with Gasteiger partial charge in [0.2, 0.25) is 0 Å². The van der Waals surface area contributed by atoms with Crippen LogP contribution >= 0.6 is 0 Å². The van der Waals surface area contributed by atoms with Crippen molar-refractivity contribution >= 4 is 17.1 Å². The van der Waals surface area contributed by atoms with Crippen LogP contribution in [-0.4, -0.2) is 32.7 Å². The van der Waals surface area contributed by atoms with E-state index in [4.69, 9.17) is 4.74 Å². The lowest BCUT2D eigenvalue weighted by atomic mass is 10.2. The Morgan fingerprint density at radius 2 is 2.15 bits per heavy atom. The van der Waals surface area contributed by atoms with Crippen LogP contribution in [0.4, 0.5) is 4.79 Å². The zero-order valence-corrected chi connectivity index (χ0v) is 12.1. The average Bonchev–Trinajstić information content (AvgIpc) is 2.74. The number of ether oxygens (including phenoxy) is 1. The Morgan fingerprint density at radius 3 is 2.90 bits per heavy atom. The second-order valence-corrected chi connectivity index (χ2v) is 6.11. The molecule has 2 aromatic rings. The minimum absolute atomic E-state index is 0.248. The summed E-state index contributed by atoms with van der Waals surface area (Å²) >= 11 is 0. The van der Waals surface area contributed by atoms with Crippen molar-refractivity contribution in [3.63, 3.8) is 0 Å². The number of carbonyl (C=O) groups is 1. The molecule has 3 rings (SSSR count). The molecule has 0 atom stereocenters. The van der Waals surface area contributed by atoms with E-state index in [2.05, 4.69) is 15.6 Å². The molecule has 1 aliphatic rings. The van der Waals surface area contributed by atoms with Crippen molar-refractivity contribution in [2.24, 2.45) is 0 Å². The fourth-order valence-corrected chi connectivity index (χ4v) is 2.50. The molecule has 5 heteroatoms. The maximum absolute atomic E-state index is 12.1. The van der Waals surface area contributed by atoms with E-state index in [0.29, 0.717) is 13.1 Å². The van der Waals surface area contributed by atoms with E-state index in [-0.39, 0.29) is 6.09 Å². The predicted octanol–water partition coefficient (Wildman–Crippen LogP) is 2.79. The van der Waals surface area contributed by atoms with Gasteiger partial charge in [0.1, 0.15) is 11.2 Å². The van der Waals surface area contributed by atoms with Gasteiger partial charge in [-0.15, -0.1) is 0 Å². The summed E-state index contributed by atoms with van der Waals surface area (Å²) in [4.78, 5) is 18.3. The summed E-state index contributed by atoms with van der Waals surface area (Å²) < 4.78 is 7.61. The second kappa shape index (κ2) is 4.51. The van der Waals surface area contributed by atoms with Gasteiger partial charge in [0, 0.05) is 30.4 Å². The largest absolute Gasteiger partial charge is 0.444 e. The molecule has 20 heavy (non-hydrogen) atoms. The highest BCUT2D eigenvalue weighted by atomic mass is 16.6. The van der Waals surface area contributed by atoms with E-state index in [1.165, 1.54) is 0 Å². The average molecular weight is 273 g/mol. The first kappa shape index (κ1) is 13.0. The Kier molecular flexibility index (Phi) is 2.92. The molecule has 3 heterocycles. The lowest BCUT2D eigenvalue weighted by molar-refractivity contribution is 0.0200. The maximum Gasteiger partial charge on any atom is 0.410 e. The van der Waals surface area contributed by atoms with Gasteiger partial charge in [0.15, 0.2) is 0 Å². The molecule has 0 fully saturated rings. The van der Waals surface area contributed by atoms with Gasteiger partial charge in [-0.25, -0.2) is 9.78 Å². The van der Waals surface area contributed by atoms with Gasteiger partial charge in [-0.1, -0.05) is 0 Å². The number of amides is 1. The summed E-state index contributed by atoms with van der Waals surface area (Å²) in [7, 11) is 0. The molecule has 0 N–H and O–H groups in total. The van der Waals surface area contributed by atoms with E-state index in [1.807, 2.05) is 32.9 Å². The highest BCUT2D eigenvalue weighted by Crippen LogP contribution is 2.23. The second-order valence-electron chi connectivity index (χ2n) is 6.11. The smallest absolute Gasteiger partial charge is 0.410 e. The summed E-state index contributed by atoms with van der Waals surface area (Å²) in [6, 6.07) is 6.07. The fraction of sp³-hybridized carbons (Fsp3) is 0.467. The number of nitrogens with zero attached hydrogens (tertiary/aromatic N) is 3. The van der Waals surface area contributed by atoms with Crippen molar-refractivity contribution in [2.75, 3.05) is 6.54 Å². The first-order valence-electron chi connectivity index (χ1n) is 6.85. The third-order valence-electron chi connectivity index (χ3n) is 3.34. The SMILES string of the molecule is CC(C)(C)OC(=O)N1CCn2c(cc3cccnc32)C1. The van der Waals surface area contributed by atoms with Crippen LogP contribution in [0.2, 0.25) is 0 Å². The van der Waals surface area contributed by atoms with Crippen LogP contribution in [-0.2, 0) is 17.8 Å². The Bertz CT molecular complexity index is 655. The minimum atomic E-state index is -0.456. The summed E-state index contributed by atoms with van der Waals surface area (Å²) in [5, 5.41) is 1.12. The molecule has 0 saturated heterocycles. The van der Waals surface area contributed by atoms with Crippen molar-refractivity contribution in [2.45, 2.75) is 39.5 Å². The van der Waals surface area contributed by atoms with Crippen LogP contribution in [0.1, 0.15) is 26.5 Å². The molecule has 1 aliphatic heterocycles. The van der Waals surface area contributed by atoms with Crippen LogP contribution in [0.15, 0.2) is 24.4 Å². The third kappa shape index (κ3) is 2.35. The Labute approximate surface area is 118 Å². The topological polar surface area (TPSA) is 47.4 Å². The highest BCUT2D eigenvalue weighted by molar-refractivity contribution is 5.78. The number of carbonyl (C=O) groups excluding carboxylic acids is 1. The van der Waals surface area contributed by atoms with E-state index >= 15 is 0 Å². The number of hydrogen-bond acceptors (Lipinski definition) is 3. The summed E-state index contributed by atoms with van der Waals surface area (Å²) in [5.41, 5.74) is 1.64. The van der Waals surface area contributed by atoms with Crippen LogP contribution < -0.4 is 0 Å². The van der Waals surface area contributed by atoms with Gasteiger partial charge in [0.05, 0.1) is 6.54 Å².